The number of ether oxygens (including phenoxy) is 1. The number of rotatable bonds is 5. The number of nitrogens with one attached hydrogen (secondary N) is 1. The lowest BCUT2D eigenvalue weighted by molar-refractivity contribution is 0.0685. The maximum atomic E-state index is 5.46. The van der Waals surface area contributed by atoms with Gasteiger partial charge >= 0.3 is 0 Å². The Balaban J connectivity index is 1.58. The van der Waals surface area contributed by atoms with Gasteiger partial charge in [0, 0.05) is 32.8 Å². The van der Waals surface area contributed by atoms with Crippen molar-refractivity contribution in [3.05, 3.63) is 0 Å². The van der Waals surface area contributed by atoms with Crippen LogP contribution >= 0.6 is 0 Å². The van der Waals surface area contributed by atoms with Crippen molar-refractivity contribution in [3.63, 3.8) is 0 Å². The van der Waals surface area contributed by atoms with E-state index >= 15 is 0 Å². The Bertz CT molecular complexity index is 678. The molecule has 130 valence electrons. The van der Waals surface area contributed by atoms with Crippen LogP contribution in [0.15, 0.2) is 4.63 Å². The molecule has 2 aromatic rings. The summed E-state index contributed by atoms with van der Waals surface area (Å²) < 4.78 is 10.2. The van der Waals surface area contributed by atoms with Gasteiger partial charge < -0.3 is 15.0 Å². The molecule has 2 aromatic heterocycles. The predicted molar refractivity (Wildman–Crippen MR) is 90.1 cm³/mol. The Hall–Kier alpha value is -1.96. The molecular formula is C16H24N6O2. The normalized spacial score (nSPS) is 19.9. The topological polar surface area (TPSA) is 89.2 Å². The molecule has 1 saturated heterocycles. The van der Waals surface area contributed by atoms with Crippen LogP contribution in [0.1, 0.15) is 38.5 Å². The van der Waals surface area contributed by atoms with E-state index in [0.717, 1.165) is 44.2 Å². The third-order valence-electron chi connectivity index (χ3n) is 5.03. The third-order valence-corrected chi connectivity index (χ3v) is 5.03. The van der Waals surface area contributed by atoms with Gasteiger partial charge in [0.25, 0.3) is 0 Å². The van der Waals surface area contributed by atoms with Crippen molar-refractivity contribution < 1.29 is 9.37 Å². The number of aromatic nitrogens is 4. The average molecular weight is 332 g/mol. The first-order valence-electron chi connectivity index (χ1n) is 8.85. The smallest absolute Gasteiger partial charge is 0.245 e. The summed E-state index contributed by atoms with van der Waals surface area (Å²) >= 11 is 0. The first-order valence-corrected chi connectivity index (χ1v) is 8.85. The minimum absolute atomic E-state index is 0.457. The highest BCUT2D eigenvalue weighted by Gasteiger charge is 2.23. The van der Waals surface area contributed by atoms with Crippen molar-refractivity contribution in [2.75, 3.05) is 37.0 Å². The molecule has 0 amide bonds. The highest BCUT2D eigenvalue weighted by atomic mass is 16.6. The molecule has 0 radical (unpaired) electrons. The van der Waals surface area contributed by atoms with Crippen LogP contribution in [-0.2, 0) is 4.74 Å². The lowest BCUT2D eigenvalue weighted by Gasteiger charge is -2.29. The van der Waals surface area contributed by atoms with Crippen LogP contribution in [0.3, 0.4) is 0 Å². The Morgan fingerprint density at radius 1 is 1.04 bits per heavy atom. The van der Waals surface area contributed by atoms with E-state index in [1.165, 1.54) is 25.7 Å². The third kappa shape index (κ3) is 3.28. The van der Waals surface area contributed by atoms with Gasteiger partial charge in [-0.1, -0.05) is 12.8 Å². The van der Waals surface area contributed by atoms with E-state index in [2.05, 4.69) is 37.5 Å². The summed E-state index contributed by atoms with van der Waals surface area (Å²) in [5.74, 6) is 2.24. The van der Waals surface area contributed by atoms with Gasteiger partial charge in [0.2, 0.25) is 11.3 Å². The molecule has 2 fully saturated rings. The van der Waals surface area contributed by atoms with E-state index < -0.39 is 0 Å². The highest BCUT2D eigenvalue weighted by molar-refractivity contribution is 5.74. The van der Waals surface area contributed by atoms with E-state index in [-0.39, 0.29) is 0 Å². The van der Waals surface area contributed by atoms with Gasteiger partial charge in [-0.05, 0) is 41.9 Å². The molecule has 1 aliphatic heterocycles. The lowest BCUT2D eigenvalue weighted by atomic mass is 10.00. The zero-order chi connectivity index (χ0) is 16.4. The summed E-state index contributed by atoms with van der Waals surface area (Å²) in [6.07, 6.45) is 7.09. The molecule has 8 nitrogen and oxygen atoms in total. The monoisotopic (exact) mass is 332 g/mol. The predicted octanol–water partition coefficient (Wildman–Crippen LogP) is 2.23. The molecule has 0 aromatic carbocycles. The molecule has 24 heavy (non-hydrogen) atoms. The van der Waals surface area contributed by atoms with Crippen molar-refractivity contribution in [2.45, 2.75) is 44.6 Å². The fourth-order valence-electron chi connectivity index (χ4n) is 3.66. The van der Waals surface area contributed by atoms with Gasteiger partial charge in [-0.2, -0.15) is 0 Å². The van der Waals surface area contributed by atoms with Gasteiger partial charge in [0.05, 0.1) is 0 Å². The molecule has 1 saturated carbocycles. The standard InChI is InChI=1S/C16H24N6O2/c1-22(10-11-6-8-23-9-7-11)16-15(17-12-4-2-3-5-12)18-13-14(19-16)21-24-20-13/h11-12H,2-10H2,1H3,(H,17,18,20). The van der Waals surface area contributed by atoms with Crippen LogP contribution in [-0.4, -0.2) is 53.1 Å². The van der Waals surface area contributed by atoms with E-state index in [1.807, 2.05) is 0 Å². The van der Waals surface area contributed by atoms with Gasteiger partial charge in [0.1, 0.15) is 0 Å². The number of nitrogens with zero attached hydrogens (tertiary/aromatic N) is 5. The molecule has 1 N–H and O–H groups in total. The first-order chi connectivity index (χ1) is 11.8. The van der Waals surface area contributed by atoms with Crippen LogP contribution < -0.4 is 10.2 Å². The summed E-state index contributed by atoms with van der Waals surface area (Å²) in [7, 11) is 2.07. The summed E-state index contributed by atoms with van der Waals surface area (Å²) in [5.41, 5.74) is 0.916. The second-order valence-corrected chi connectivity index (χ2v) is 6.87. The van der Waals surface area contributed by atoms with Gasteiger partial charge in [-0.15, -0.1) is 0 Å². The molecular weight excluding hydrogens is 308 g/mol. The van der Waals surface area contributed by atoms with Crippen LogP contribution in [0.25, 0.3) is 11.3 Å². The molecule has 0 bridgehead atoms. The zero-order valence-electron chi connectivity index (χ0n) is 14.1. The van der Waals surface area contributed by atoms with Crippen molar-refractivity contribution >= 4 is 22.9 Å². The Kier molecular flexibility index (Phi) is 4.46. The van der Waals surface area contributed by atoms with Crippen LogP contribution in [0, 0.1) is 5.92 Å². The quantitative estimate of drug-likeness (QED) is 0.891. The van der Waals surface area contributed by atoms with Crippen molar-refractivity contribution in [1.29, 1.82) is 0 Å². The lowest BCUT2D eigenvalue weighted by Crippen LogP contribution is -2.31. The largest absolute Gasteiger partial charge is 0.381 e. The van der Waals surface area contributed by atoms with E-state index in [4.69, 9.17) is 9.37 Å². The summed E-state index contributed by atoms with van der Waals surface area (Å²) in [4.78, 5) is 11.4. The van der Waals surface area contributed by atoms with E-state index in [0.29, 0.717) is 23.3 Å². The minimum atomic E-state index is 0.457. The SMILES string of the molecule is CN(CC1CCOCC1)c1nc2nonc2nc1NC1CCCC1. The average Bonchev–Trinajstić information content (AvgIpc) is 3.26. The Labute approximate surface area is 140 Å². The number of anilines is 2. The maximum absolute atomic E-state index is 5.46. The molecule has 0 spiro atoms. The number of fused-ring (bicyclic) bond motifs is 1. The molecule has 8 heteroatoms. The van der Waals surface area contributed by atoms with Gasteiger partial charge in [-0.25, -0.2) is 14.6 Å². The fraction of sp³-hybridized carbons (Fsp3) is 0.750. The summed E-state index contributed by atoms with van der Waals surface area (Å²) in [6, 6.07) is 0.465. The second kappa shape index (κ2) is 6.88. The minimum Gasteiger partial charge on any atom is -0.381 e. The zero-order valence-corrected chi connectivity index (χ0v) is 14.1. The van der Waals surface area contributed by atoms with Crippen LogP contribution in [0.2, 0.25) is 0 Å². The highest BCUT2D eigenvalue weighted by Crippen LogP contribution is 2.29. The summed E-state index contributed by atoms with van der Waals surface area (Å²) in [5, 5.41) is 11.2. The molecule has 0 atom stereocenters. The molecule has 4 rings (SSSR count). The number of hydrogen-bond acceptors (Lipinski definition) is 8. The van der Waals surface area contributed by atoms with Crippen LogP contribution in [0.4, 0.5) is 11.6 Å². The second-order valence-electron chi connectivity index (χ2n) is 6.87. The number of hydrogen-bond donors (Lipinski definition) is 1. The molecule has 1 aliphatic carbocycles. The van der Waals surface area contributed by atoms with Crippen molar-refractivity contribution in [1.82, 2.24) is 20.3 Å². The molecule has 2 aliphatic rings. The van der Waals surface area contributed by atoms with Crippen molar-refractivity contribution in [2.24, 2.45) is 5.92 Å². The first kappa shape index (κ1) is 15.6. The van der Waals surface area contributed by atoms with E-state index in [9.17, 15) is 0 Å². The van der Waals surface area contributed by atoms with Gasteiger partial charge in [-0.3, -0.25) is 0 Å². The molecule has 3 heterocycles. The Morgan fingerprint density at radius 3 is 2.50 bits per heavy atom. The Morgan fingerprint density at radius 2 is 1.75 bits per heavy atom. The maximum Gasteiger partial charge on any atom is 0.245 e. The van der Waals surface area contributed by atoms with Crippen LogP contribution in [0.5, 0.6) is 0 Å². The summed E-state index contributed by atoms with van der Waals surface area (Å²) in [6.45, 7) is 2.64. The van der Waals surface area contributed by atoms with Crippen molar-refractivity contribution in [3.8, 4) is 0 Å². The van der Waals surface area contributed by atoms with Gasteiger partial charge in [0.15, 0.2) is 11.6 Å². The fourth-order valence-corrected chi connectivity index (χ4v) is 3.66. The van der Waals surface area contributed by atoms with E-state index in [1.54, 1.807) is 0 Å². The molecule has 0 unspecified atom stereocenters.